The van der Waals surface area contributed by atoms with Gasteiger partial charge in [-0.15, -0.1) is 21.5 Å². The second kappa shape index (κ2) is 9.79. The summed E-state index contributed by atoms with van der Waals surface area (Å²) < 4.78 is 1.97. The van der Waals surface area contributed by atoms with Crippen molar-refractivity contribution >= 4 is 46.3 Å². The number of carbonyl (C=O) groups excluding carboxylic acids is 1. The van der Waals surface area contributed by atoms with Crippen LogP contribution >= 0.6 is 34.7 Å². The van der Waals surface area contributed by atoms with E-state index in [1.54, 1.807) is 29.5 Å². The van der Waals surface area contributed by atoms with E-state index in [-0.39, 0.29) is 11.7 Å². The summed E-state index contributed by atoms with van der Waals surface area (Å²) in [5.74, 6) is 0.658. The van der Waals surface area contributed by atoms with Gasteiger partial charge in [-0.1, -0.05) is 47.6 Å². The number of halogens is 1. The van der Waals surface area contributed by atoms with Crippen molar-refractivity contribution in [2.45, 2.75) is 11.6 Å². The Kier molecular flexibility index (Phi) is 6.67. The lowest BCUT2D eigenvalue weighted by atomic mass is 10.2. The number of nitrogens with one attached hydrogen (secondary N) is 1. The van der Waals surface area contributed by atoms with Crippen LogP contribution in [0, 0.1) is 11.3 Å². The van der Waals surface area contributed by atoms with E-state index in [0.29, 0.717) is 27.9 Å². The minimum atomic E-state index is -0.258. The molecule has 0 saturated carbocycles. The number of nitrogens with zero attached hydrogens (tertiary/aromatic N) is 4. The molecule has 2 aromatic heterocycles. The van der Waals surface area contributed by atoms with Gasteiger partial charge >= 0.3 is 0 Å². The monoisotopic (exact) mass is 465 g/mol. The highest BCUT2D eigenvalue weighted by Crippen LogP contribution is 2.25. The number of hydrogen-bond acceptors (Lipinski definition) is 6. The van der Waals surface area contributed by atoms with E-state index in [0.717, 1.165) is 11.5 Å². The van der Waals surface area contributed by atoms with Crippen molar-refractivity contribution in [3.63, 3.8) is 0 Å². The fourth-order valence-corrected chi connectivity index (χ4v) is 4.59. The molecule has 9 heteroatoms. The molecule has 4 aromatic rings. The quantitative estimate of drug-likeness (QED) is 0.380. The lowest BCUT2D eigenvalue weighted by Crippen LogP contribution is -2.15. The summed E-state index contributed by atoms with van der Waals surface area (Å²) >= 11 is 8.94. The lowest BCUT2D eigenvalue weighted by molar-refractivity contribution is -0.113. The van der Waals surface area contributed by atoms with Gasteiger partial charge in [-0.25, -0.2) is 0 Å². The molecule has 31 heavy (non-hydrogen) atoms. The second-order valence-electron chi connectivity index (χ2n) is 6.46. The molecule has 154 valence electrons. The minimum absolute atomic E-state index is 0.112. The maximum atomic E-state index is 12.5. The first-order valence-electron chi connectivity index (χ1n) is 9.28. The minimum Gasteiger partial charge on any atom is -0.324 e. The number of thiophene rings is 1. The third kappa shape index (κ3) is 5.14. The van der Waals surface area contributed by atoms with Crippen LogP contribution in [-0.2, 0) is 11.2 Å². The number of amides is 1. The molecule has 0 fully saturated rings. The van der Waals surface area contributed by atoms with Gasteiger partial charge in [0, 0.05) is 22.0 Å². The number of rotatable bonds is 7. The molecule has 1 N–H and O–H groups in total. The molecule has 0 bridgehead atoms. The molecule has 0 radical (unpaired) electrons. The molecule has 2 aromatic carbocycles. The maximum Gasteiger partial charge on any atom is 0.234 e. The van der Waals surface area contributed by atoms with E-state index in [2.05, 4.69) is 27.6 Å². The molecule has 0 saturated heterocycles. The number of thioether (sulfide) groups is 1. The van der Waals surface area contributed by atoms with Crippen LogP contribution in [0.2, 0.25) is 5.02 Å². The van der Waals surface area contributed by atoms with Crippen molar-refractivity contribution in [2.24, 2.45) is 0 Å². The van der Waals surface area contributed by atoms with Crippen LogP contribution in [0.3, 0.4) is 0 Å². The first-order valence-corrected chi connectivity index (χ1v) is 11.5. The highest BCUT2D eigenvalue weighted by atomic mass is 35.5. The molecule has 0 atom stereocenters. The smallest absolute Gasteiger partial charge is 0.234 e. The molecule has 4 rings (SSSR count). The van der Waals surface area contributed by atoms with Gasteiger partial charge in [0.05, 0.1) is 17.0 Å². The largest absolute Gasteiger partial charge is 0.324 e. The molecule has 0 aliphatic rings. The Labute approximate surface area is 192 Å². The molecule has 0 aliphatic heterocycles. The Morgan fingerprint density at radius 2 is 2.00 bits per heavy atom. The number of carbonyl (C=O) groups is 1. The number of hydrogen-bond donors (Lipinski definition) is 1. The zero-order valence-corrected chi connectivity index (χ0v) is 18.5. The zero-order valence-electron chi connectivity index (χ0n) is 16.2. The van der Waals surface area contributed by atoms with Crippen molar-refractivity contribution in [1.82, 2.24) is 14.8 Å². The summed E-state index contributed by atoms with van der Waals surface area (Å²) in [6.45, 7) is 0. The van der Waals surface area contributed by atoms with Gasteiger partial charge in [0.25, 0.3) is 0 Å². The molecular weight excluding hydrogens is 450 g/mol. The standard InChI is InChI=1S/C22H16ClN5OS2/c23-16-9-8-15(13-24)19(11-16)25-21(29)14-31-22-27-26-20(12-18-7-4-10-30-18)28(22)17-5-2-1-3-6-17/h1-11H,12,14H2,(H,25,29). The fraction of sp³-hybridized carbons (Fsp3) is 0.0909. The molecule has 6 nitrogen and oxygen atoms in total. The van der Waals surface area contributed by atoms with E-state index in [1.165, 1.54) is 16.6 Å². The maximum absolute atomic E-state index is 12.5. The summed E-state index contributed by atoms with van der Waals surface area (Å²) in [5, 5.41) is 23.8. The fourth-order valence-electron chi connectivity index (χ4n) is 2.95. The van der Waals surface area contributed by atoms with Crippen molar-refractivity contribution in [1.29, 1.82) is 5.26 Å². The van der Waals surface area contributed by atoms with Gasteiger partial charge in [-0.3, -0.25) is 9.36 Å². The second-order valence-corrected chi connectivity index (χ2v) is 8.88. The first kappa shape index (κ1) is 21.1. The Morgan fingerprint density at radius 1 is 1.16 bits per heavy atom. The first-order chi connectivity index (χ1) is 15.1. The Morgan fingerprint density at radius 3 is 2.74 bits per heavy atom. The van der Waals surface area contributed by atoms with Gasteiger partial charge in [0.1, 0.15) is 11.9 Å². The number of para-hydroxylation sites is 1. The summed E-state index contributed by atoms with van der Waals surface area (Å²) in [5.41, 5.74) is 1.68. The van der Waals surface area contributed by atoms with Gasteiger partial charge in [0.2, 0.25) is 5.91 Å². The normalized spacial score (nSPS) is 10.6. The highest BCUT2D eigenvalue weighted by molar-refractivity contribution is 7.99. The summed E-state index contributed by atoms with van der Waals surface area (Å²) in [6.07, 6.45) is 0.653. The summed E-state index contributed by atoms with van der Waals surface area (Å²) in [4.78, 5) is 13.7. The van der Waals surface area contributed by atoms with E-state index in [4.69, 9.17) is 11.6 Å². The van der Waals surface area contributed by atoms with Crippen LogP contribution in [0.5, 0.6) is 0 Å². The molecule has 0 aliphatic carbocycles. The van der Waals surface area contributed by atoms with Crippen molar-refractivity contribution in [2.75, 3.05) is 11.1 Å². The van der Waals surface area contributed by atoms with Crippen LogP contribution in [0.25, 0.3) is 5.69 Å². The Balaban J connectivity index is 1.53. The van der Waals surface area contributed by atoms with Crippen LogP contribution in [-0.4, -0.2) is 26.4 Å². The molecule has 1 amide bonds. The average Bonchev–Trinajstić information content (AvgIpc) is 3.43. The van der Waals surface area contributed by atoms with E-state index >= 15 is 0 Å². The van der Waals surface area contributed by atoms with Crippen molar-refractivity contribution < 1.29 is 4.79 Å². The predicted molar refractivity (Wildman–Crippen MR) is 124 cm³/mol. The number of aromatic nitrogens is 3. The van der Waals surface area contributed by atoms with Gasteiger partial charge in [-0.2, -0.15) is 5.26 Å². The number of anilines is 1. The molecule has 0 unspecified atom stereocenters. The zero-order chi connectivity index (χ0) is 21.6. The Bertz CT molecular complexity index is 1230. The highest BCUT2D eigenvalue weighted by Gasteiger charge is 2.17. The van der Waals surface area contributed by atoms with Crippen LogP contribution < -0.4 is 5.32 Å². The lowest BCUT2D eigenvalue weighted by Gasteiger charge is -2.10. The topological polar surface area (TPSA) is 83.6 Å². The third-order valence-corrected chi connectivity index (χ3v) is 6.38. The third-order valence-electron chi connectivity index (χ3n) is 4.34. The van der Waals surface area contributed by atoms with Gasteiger partial charge in [-0.05, 0) is 41.8 Å². The van der Waals surface area contributed by atoms with E-state index in [9.17, 15) is 10.1 Å². The predicted octanol–water partition coefficient (Wildman–Crippen LogP) is 5.18. The molecular formula is C22H16ClN5OS2. The van der Waals surface area contributed by atoms with Crippen molar-refractivity contribution in [3.8, 4) is 11.8 Å². The molecule has 2 heterocycles. The molecule has 0 spiro atoms. The summed E-state index contributed by atoms with van der Waals surface area (Å²) in [6, 6.07) is 20.7. The van der Waals surface area contributed by atoms with Crippen LogP contribution in [0.15, 0.2) is 71.2 Å². The average molecular weight is 466 g/mol. The van der Waals surface area contributed by atoms with Gasteiger partial charge in [0.15, 0.2) is 5.16 Å². The van der Waals surface area contributed by atoms with Crippen LogP contribution in [0.1, 0.15) is 16.3 Å². The number of nitriles is 1. The SMILES string of the molecule is N#Cc1ccc(Cl)cc1NC(=O)CSc1nnc(Cc2cccs2)n1-c1ccccc1. The number of benzene rings is 2. The summed E-state index contributed by atoms with van der Waals surface area (Å²) in [7, 11) is 0. The Hall–Kier alpha value is -3.12. The van der Waals surface area contributed by atoms with E-state index in [1.807, 2.05) is 46.3 Å². The van der Waals surface area contributed by atoms with E-state index < -0.39 is 0 Å². The van der Waals surface area contributed by atoms with Crippen molar-refractivity contribution in [3.05, 3.63) is 87.3 Å². The van der Waals surface area contributed by atoms with Crippen LogP contribution in [0.4, 0.5) is 5.69 Å². The van der Waals surface area contributed by atoms with Gasteiger partial charge < -0.3 is 5.32 Å².